The maximum Gasteiger partial charge on any atom is 0.133 e. The lowest BCUT2D eigenvalue weighted by Gasteiger charge is -2.12. The number of hydrogen-bond acceptors (Lipinski definition) is 4. The van der Waals surface area contributed by atoms with Crippen molar-refractivity contribution in [2.24, 2.45) is 0 Å². The number of ether oxygens (including phenoxy) is 2. The summed E-state index contributed by atoms with van der Waals surface area (Å²) in [6.45, 7) is 0.839. The van der Waals surface area contributed by atoms with E-state index in [4.69, 9.17) is 37.8 Å². The van der Waals surface area contributed by atoms with Crippen molar-refractivity contribution in [2.45, 2.75) is 6.42 Å². The molecule has 0 bridgehead atoms. The molecular weight excluding hydrogens is 373 g/mol. The van der Waals surface area contributed by atoms with Gasteiger partial charge in [0.15, 0.2) is 0 Å². The van der Waals surface area contributed by atoms with Gasteiger partial charge in [0.05, 0.1) is 25.5 Å². The Morgan fingerprint density at radius 1 is 1.04 bits per heavy atom. The van der Waals surface area contributed by atoms with Crippen LogP contribution in [0.1, 0.15) is 5.56 Å². The van der Waals surface area contributed by atoms with Gasteiger partial charge < -0.3 is 14.8 Å². The van der Waals surface area contributed by atoms with Crippen LogP contribution in [0, 0.1) is 0 Å². The fourth-order valence-corrected chi connectivity index (χ4v) is 3.82. The van der Waals surface area contributed by atoms with E-state index in [1.807, 2.05) is 35.0 Å². The van der Waals surface area contributed by atoms with Crippen molar-refractivity contribution in [3.63, 3.8) is 0 Å². The Labute approximate surface area is 161 Å². The first kappa shape index (κ1) is 17.1. The zero-order valence-corrected chi connectivity index (χ0v) is 15.9. The van der Waals surface area contributed by atoms with E-state index in [0.29, 0.717) is 21.5 Å². The van der Waals surface area contributed by atoms with Crippen molar-refractivity contribution >= 4 is 29.0 Å². The molecule has 0 unspecified atom stereocenters. The van der Waals surface area contributed by atoms with Crippen molar-refractivity contribution in [1.82, 2.24) is 9.78 Å². The van der Waals surface area contributed by atoms with Crippen LogP contribution in [0.2, 0.25) is 10.0 Å². The van der Waals surface area contributed by atoms with E-state index in [-0.39, 0.29) is 0 Å². The van der Waals surface area contributed by atoms with Gasteiger partial charge in [-0.05, 0) is 36.8 Å². The summed E-state index contributed by atoms with van der Waals surface area (Å²) < 4.78 is 13.0. The van der Waals surface area contributed by atoms with Gasteiger partial charge in [-0.25, -0.2) is 4.68 Å². The maximum atomic E-state index is 6.18. The summed E-state index contributed by atoms with van der Waals surface area (Å²) in [5, 5.41) is 9.38. The first-order valence-electron chi connectivity index (χ1n) is 8.16. The second kappa shape index (κ2) is 6.74. The van der Waals surface area contributed by atoms with Crippen LogP contribution in [0.3, 0.4) is 0 Å². The Morgan fingerprint density at radius 2 is 1.69 bits per heavy atom. The number of fused-ring (bicyclic) bond motifs is 1. The van der Waals surface area contributed by atoms with E-state index < -0.39 is 0 Å². The third kappa shape index (κ3) is 2.77. The smallest absolute Gasteiger partial charge is 0.133 e. The van der Waals surface area contributed by atoms with Crippen LogP contribution < -0.4 is 14.8 Å². The average molecular weight is 390 g/mol. The Bertz CT molecular complexity index is 943. The van der Waals surface area contributed by atoms with E-state index in [1.165, 1.54) is 0 Å². The van der Waals surface area contributed by atoms with Gasteiger partial charge in [-0.2, -0.15) is 5.10 Å². The SMILES string of the molecule is COc1cccc(OC)c1-c1nn(-c2cc(Cl)cc(Cl)c2)c2c1CCN2. The van der Waals surface area contributed by atoms with Gasteiger partial charge in [0, 0.05) is 22.2 Å². The zero-order chi connectivity index (χ0) is 18.3. The maximum absolute atomic E-state index is 6.18. The highest BCUT2D eigenvalue weighted by molar-refractivity contribution is 6.34. The summed E-state index contributed by atoms with van der Waals surface area (Å²) in [5.41, 5.74) is 3.58. The topological polar surface area (TPSA) is 48.3 Å². The minimum atomic E-state index is 0.561. The van der Waals surface area contributed by atoms with Gasteiger partial charge in [-0.15, -0.1) is 0 Å². The Kier molecular flexibility index (Phi) is 4.42. The van der Waals surface area contributed by atoms with Gasteiger partial charge in [0.2, 0.25) is 0 Å². The second-order valence-electron chi connectivity index (χ2n) is 5.93. The molecule has 0 amide bonds. The van der Waals surface area contributed by atoms with Crippen molar-refractivity contribution in [2.75, 3.05) is 26.1 Å². The number of halogens is 2. The Hall–Kier alpha value is -2.37. The number of anilines is 1. The predicted octanol–water partition coefficient (Wildman–Crippen LogP) is 4.83. The van der Waals surface area contributed by atoms with E-state index in [2.05, 4.69) is 5.32 Å². The van der Waals surface area contributed by atoms with Crippen LogP contribution in [-0.2, 0) is 6.42 Å². The molecule has 0 saturated heterocycles. The van der Waals surface area contributed by atoms with Crippen molar-refractivity contribution in [3.05, 3.63) is 52.0 Å². The average Bonchev–Trinajstić information content (AvgIpc) is 3.22. The number of benzene rings is 2. The number of aromatic nitrogens is 2. The van der Waals surface area contributed by atoms with Crippen molar-refractivity contribution < 1.29 is 9.47 Å². The molecule has 1 N–H and O–H groups in total. The molecule has 1 aliphatic heterocycles. The highest BCUT2D eigenvalue weighted by atomic mass is 35.5. The second-order valence-corrected chi connectivity index (χ2v) is 6.80. The number of methoxy groups -OCH3 is 2. The molecule has 4 rings (SSSR count). The molecule has 0 saturated carbocycles. The number of nitrogens with zero attached hydrogens (tertiary/aromatic N) is 2. The molecule has 2 heterocycles. The lowest BCUT2D eigenvalue weighted by Crippen LogP contribution is -2.04. The molecule has 0 spiro atoms. The summed E-state index contributed by atoms with van der Waals surface area (Å²) in [6, 6.07) is 11.1. The largest absolute Gasteiger partial charge is 0.496 e. The molecular formula is C19H17Cl2N3O2. The minimum Gasteiger partial charge on any atom is -0.496 e. The van der Waals surface area contributed by atoms with Crippen LogP contribution >= 0.6 is 23.2 Å². The lowest BCUT2D eigenvalue weighted by molar-refractivity contribution is 0.397. The molecule has 5 nitrogen and oxygen atoms in total. The van der Waals surface area contributed by atoms with Crippen LogP contribution in [0.5, 0.6) is 11.5 Å². The molecule has 7 heteroatoms. The predicted molar refractivity (Wildman–Crippen MR) is 104 cm³/mol. The van der Waals surface area contributed by atoms with Gasteiger partial charge in [-0.3, -0.25) is 0 Å². The Morgan fingerprint density at radius 3 is 2.31 bits per heavy atom. The first-order chi connectivity index (χ1) is 12.6. The summed E-state index contributed by atoms with van der Waals surface area (Å²) >= 11 is 12.4. The molecule has 0 atom stereocenters. The third-order valence-corrected chi connectivity index (χ3v) is 4.84. The van der Waals surface area contributed by atoms with Gasteiger partial charge in [0.25, 0.3) is 0 Å². The third-order valence-electron chi connectivity index (χ3n) is 4.41. The van der Waals surface area contributed by atoms with E-state index >= 15 is 0 Å². The van der Waals surface area contributed by atoms with Crippen molar-refractivity contribution in [1.29, 1.82) is 0 Å². The highest BCUT2D eigenvalue weighted by Crippen LogP contribution is 2.43. The lowest BCUT2D eigenvalue weighted by atomic mass is 10.0. The quantitative estimate of drug-likeness (QED) is 0.693. The molecule has 1 aromatic heterocycles. The molecule has 134 valence electrons. The standard InChI is InChI=1S/C19H17Cl2N3O2/c1-25-15-4-3-5-16(26-2)17(15)18-14-6-7-22-19(14)24(23-18)13-9-11(20)8-12(21)10-13/h3-5,8-10,22H,6-7H2,1-2H3. The summed E-state index contributed by atoms with van der Waals surface area (Å²) in [6.07, 6.45) is 0.861. The minimum absolute atomic E-state index is 0.561. The zero-order valence-electron chi connectivity index (χ0n) is 14.3. The van der Waals surface area contributed by atoms with Gasteiger partial charge in [0.1, 0.15) is 23.0 Å². The van der Waals surface area contributed by atoms with Crippen LogP contribution in [-0.4, -0.2) is 30.5 Å². The molecule has 1 aliphatic rings. The molecule has 2 aromatic carbocycles. The van der Waals surface area contributed by atoms with E-state index in [9.17, 15) is 0 Å². The first-order valence-corrected chi connectivity index (χ1v) is 8.91. The van der Waals surface area contributed by atoms with E-state index in [0.717, 1.165) is 41.3 Å². The molecule has 0 aliphatic carbocycles. The fraction of sp³-hybridized carbons (Fsp3) is 0.211. The number of rotatable bonds is 4. The molecule has 0 fully saturated rings. The van der Waals surface area contributed by atoms with Crippen LogP contribution in [0.15, 0.2) is 36.4 Å². The monoisotopic (exact) mass is 389 g/mol. The summed E-state index contributed by atoms with van der Waals surface area (Å²) in [7, 11) is 3.29. The molecule has 0 radical (unpaired) electrons. The number of nitrogens with one attached hydrogen (secondary N) is 1. The van der Waals surface area contributed by atoms with E-state index in [1.54, 1.807) is 20.3 Å². The number of hydrogen-bond donors (Lipinski definition) is 1. The summed E-state index contributed by atoms with van der Waals surface area (Å²) in [5.74, 6) is 2.37. The Balaban J connectivity index is 1.96. The fourth-order valence-electron chi connectivity index (χ4n) is 3.31. The van der Waals surface area contributed by atoms with Crippen LogP contribution in [0.4, 0.5) is 5.82 Å². The van der Waals surface area contributed by atoms with Crippen LogP contribution in [0.25, 0.3) is 16.9 Å². The molecule has 26 heavy (non-hydrogen) atoms. The van der Waals surface area contributed by atoms with Gasteiger partial charge in [-0.1, -0.05) is 29.3 Å². The highest BCUT2D eigenvalue weighted by Gasteiger charge is 2.27. The summed E-state index contributed by atoms with van der Waals surface area (Å²) in [4.78, 5) is 0. The van der Waals surface area contributed by atoms with Gasteiger partial charge >= 0.3 is 0 Å². The normalized spacial score (nSPS) is 12.6. The van der Waals surface area contributed by atoms with Crippen molar-refractivity contribution in [3.8, 4) is 28.4 Å². The molecule has 3 aromatic rings.